The van der Waals surface area contributed by atoms with Crippen LogP contribution < -0.4 is 5.73 Å². The number of aliphatic imine (C=N–C) groups is 1. The van der Waals surface area contributed by atoms with Crippen molar-refractivity contribution < 1.29 is 22.3 Å². The number of aromatic nitrogens is 2. The Bertz CT molecular complexity index is 1210. The smallest absolute Gasteiger partial charge is 0.312 e. The van der Waals surface area contributed by atoms with Crippen LogP contribution in [0.15, 0.2) is 53.9 Å². The molecule has 0 amide bonds. The van der Waals surface area contributed by atoms with Crippen molar-refractivity contribution in [3.63, 3.8) is 0 Å². The number of pyridine rings is 1. The van der Waals surface area contributed by atoms with Crippen LogP contribution in [-0.4, -0.2) is 40.4 Å². The Hall–Kier alpha value is -4.02. The van der Waals surface area contributed by atoms with E-state index in [1.54, 1.807) is 0 Å². The van der Waals surface area contributed by atoms with E-state index in [4.69, 9.17) is 16.6 Å². The zero-order chi connectivity index (χ0) is 22.7. The minimum Gasteiger partial charge on any atom is -0.480 e. The van der Waals surface area contributed by atoms with Gasteiger partial charge in [0.1, 0.15) is 23.0 Å². The summed E-state index contributed by atoms with van der Waals surface area (Å²) in [6.45, 7) is 0. The van der Waals surface area contributed by atoms with E-state index in [0.29, 0.717) is 5.65 Å². The van der Waals surface area contributed by atoms with Gasteiger partial charge in [-0.3, -0.25) is 15.2 Å². The monoisotopic (exact) mass is 432 g/mol. The van der Waals surface area contributed by atoms with Gasteiger partial charge in [0.25, 0.3) is 5.90 Å². The summed E-state index contributed by atoms with van der Waals surface area (Å²) in [7, 11) is 1.01. The lowest BCUT2D eigenvalue weighted by Gasteiger charge is -2.12. The number of nitrogens with two attached hydrogens (primary N) is 1. The molecule has 0 saturated carbocycles. The maximum Gasteiger partial charge on any atom is 0.312 e. The lowest BCUT2D eigenvalue weighted by Crippen LogP contribution is -2.16. The van der Waals surface area contributed by atoms with Gasteiger partial charge in [-0.1, -0.05) is 6.07 Å². The highest BCUT2D eigenvalue weighted by molar-refractivity contribution is 6.30. The third kappa shape index (κ3) is 4.15. The first-order valence-electron chi connectivity index (χ1n) is 8.70. The molecule has 0 bridgehead atoms. The Balaban J connectivity index is 2.07. The van der Waals surface area contributed by atoms with Crippen LogP contribution in [-0.2, 0) is 4.74 Å². The molecule has 0 aliphatic carbocycles. The third-order valence-electron chi connectivity index (χ3n) is 4.33. The molecule has 2 aromatic heterocycles. The predicted octanol–water partition coefficient (Wildman–Crippen LogP) is 3.62. The van der Waals surface area contributed by atoms with Crippen LogP contribution in [0.25, 0.3) is 11.2 Å². The molecule has 0 aliphatic heterocycles. The van der Waals surface area contributed by atoms with Crippen molar-refractivity contribution in [2.24, 2.45) is 10.7 Å². The topological polar surface area (TPSA) is 113 Å². The molecule has 31 heavy (non-hydrogen) atoms. The number of fused-ring (bicyclic) bond motifs is 1. The molecule has 11 heteroatoms. The van der Waals surface area contributed by atoms with Crippen molar-refractivity contribution in [2.45, 2.75) is 6.43 Å². The maximum absolute atomic E-state index is 14.1. The molecule has 0 atom stereocenters. The van der Waals surface area contributed by atoms with Gasteiger partial charge < -0.3 is 10.5 Å². The van der Waals surface area contributed by atoms with Gasteiger partial charge in [0, 0.05) is 23.5 Å². The minimum absolute atomic E-state index is 0.00532. The summed E-state index contributed by atoms with van der Waals surface area (Å²) in [6, 6.07) is 6.25. The molecule has 0 aliphatic rings. The van der Waals surface area contributed by atoms with Crippen LogP contribution in [0, 0.1) is 22.5 Å². The summed E-state index contributed by atoms with van der Waals surface area (Å²) in [5.74, 6) is -3.33. The SMILES string of the molecule is CO/C(=N\C(=N)c1cnc2ccc(/C(=C/N)C(=N)c3c(F)cccc3F)cn12)C(F)F. The summed E-state index contributed by atoms with van der Waals surface area (Å²) in [5, 5.41) is 16.3. The van der Waals surface area contributed by atoms with E-state index in [-0.39, 0.29) is 16.8 Å². The second-order valence-electron chi connectivity index (χ2n) is 6.14. The second-order valence-corrected chi connectivity index (χ2v) is 6.14. The molecular weight excluding hydrogens is 416 g/mol. The van der Waals surface area contributed by atoms with Gasteiger partial charge in [-0.15, -0.1) is 0 Å². The Kier molecular flexibility index (Phi) is 6.14. The van der Waals surface area contributed by atoms with Crippen LogP contribution in [0.4, 0.5) is 17.6 Å². The highest BCUT2D eigenvalue weighted by atomic mass is 19.3. The fourth-order valence-corrected chi connectivity index (χ4v) is 2.86. The first kappa shape index (κ1) is 21.7. The zero-order valence-electron chi connectivity index (χ0n) is 16.0. The van der Waals surface area contributed by atoms with E-state index in [9.17, 15) is 17.6 Å². The summed E-state index contributed by atoms with van der Waals surface area (Å²) in [4.78, 5) is 7.55. The lowest BCUT2D eigenvalue weighted by atomic mass is 9.97. The van der Waals surface area contributed by atoms with Gasteiger partial charge >= 0.3 is 6.43 Å². The number of hydrogen-bond acceptors (Lipinski definition) is 5. The number of rotatable bonds is 5. The van der Waals surface area contributed by atoms with Gasteiger partial charge in [0.2, 0.25) is 0 Å². The van der Waals surface area contributed by atoms with Crippen molar-refractivity contribution in [2.75, 3.05) is 7.11 Å². The highest BCUT2D eigenvalue weighted by Crippen LogP contribution is 2.24. The number of benzene rings is 1. The Morgan fingerprint density at radius 2 is 1.87 bits per heavy atom. The van der Waals surface area contributed by atoms with E-state index in [2.05, 4.69) is 14.7 Å². The molecule has 0 radical (unpaired) electrons. The van der Waals surface area contributed by atoms with Crippen molar-refractivity contribution >= 4 is 28.7 Å². The van der Waals surface area contributed by atoms with Crippen LogP contribution in [0.5, 0.6) is 0 Å². The Morgan fingerprint density at radius 1 is 1.19 bits per heavy atom. The normalized spacial score (nSPS) is 12.5. The number of halogens is 4. The lowest BCUT2D eigenvalue weighted by molar-refractivity contribution is 0.185. The Morgan fingerprint density at radius 3 is 2.45 bits per heavy atom. The number of allylic oxidation sites excluding steroid dienone is 1. The molecule has 0 unspecified atom stereocenters. The second kappa shape index (κ2) is 8.78. The minimum atomic E-state index is -3.01. The number of nitrogens with one attached hydrogen (secondary N) is 2. The van der Waals surface area contributed by atoms with Gasteiger partial charge in [0.15, 0.2) is 5.84 Å². The maximum atomic E-state index is 14.1. The molecule has 3 aromatic rings. The largest absolute Gasteiger partial charge is 0.480 e. The van der Waals surface area contributed by atoms with E-state index in [1.165, 1.54) is 35.0 Å². The van der Waals surface area contributed by atoms with E-state index < -0.39 is 41.1 Å². The predicted molar refractivity (Wildman–Crippen MR) is 108 cm³/mol. The van der Waals surface area contributed by atoms with E-state index in [1.807, 2.05) is 0 Å². The van der Waals surface area contributed by atoms with Gasteiger partial charge in [-0.2, -0.15) is 13.8 Å². The van der Waals surface area contributed by atoms with Crippen molar-refractivity contribution in [1.29, 1.82) is 10.8 Å². The number of nitrogens with zero attached hydrogens (tertiary/aromatic N) is 3. The number of amidine groups is 1. The van der Waals surface area contributed by atoms with Gasteiger partial charge in [-0.25, -0.2) is 13.8 Å². The van der Waals surface area contributed by atoms with Crippen LogP contribution in [0.2, 0.25) is 0 Å². The molecule has 1 aromatic carbocycles. The Labute approximate surface area is 173 Å². The van der Waals surface area contributed by atoms with Crippen LogP contribution in [0.3, 0.4) is 0 Å². The van der Waals surface area contributed by atoms with E-state index in [0.717, 1.165) is 25.4 Å². The van der Waals surface area contributed by atoms with Crippen molar-refractivity contribution in [3.05, 3.63) is 77.4 Å². The average molecular weight is 432 g/mol. The molecular formula is C20H16F4N6O. The summed E-state index contributed by atoms with van der Waals surface area (Å²) in [5.41, 5.74) is 5.27. The molecule has 0 spiro atoms. The summed E-state index contributed by atoms with van der Waals surface area (Å²) in [6.07, 6.45) is 0.665. The highest BCUT2D eigenvalue weighted by Gasteiger charge is 2.20. The fourth-order valence-electron chi connectivity index (χ4n) is 2.86. The molecule has 3 rings (SSSR count). The van der Waals surface area contributed by atoms with Gasteiger partial charge in [0.05, 0.1) is 24.6 Å². The fraction of sp³-hybridized carbons (Fsp3) is 0.100. The number of methoxy groups -OCH3 is 1. The molecule has 0 fully saturated rings. The quantitative estimate of drug-likeness (QED) is 0.325. The first-order chi connectivity index (χ1) is 14.8. The zero-order valence-corrected chi connectivity index (χ0v) is 16.0. The van der Waals surface area contributed by atoms with Crippen molar-refractivity contribution in [3.8, 4) is 0 Å². The summed E-state index contributed by atoms with van der Waals surface area (Å²) >= 11 is 0. The van der Waals surface area contributed by atoms with Crippen LogP contribution in [0.1, 0.15) is 16.8 Å². The molecule has 160 valence electrons. The van der Waals surface area contributed by atoms with Crippen LogP contribution >= 0.6 is 0 Å². The molecule has 2 heterocycles. The molecule has 7 nitrogen and oxygen atoms in total. The average Bonchev–Trinajstić information content (AvgIpc) is 3.15. The van der Waals surface area contributed by atoms with E-state index >= 15 is 0 Å². The molecule has 0 saturated heterocycles. The summed E-state index contributed by atoms with van der Waals surface area (Å²) < 4.78 is 59.8. The van der Waals surface area contributed by atoms with Gasteiger partial charge in [-0.05, 0) is 24.3 Å². The third-order valence-corrected chi connectivity index (χ3v) is 4.33. The number of alkyl halides is 2. The number of hydrogen-bond donors (Lipinski definition) is 3. The first-order valence-corrected chi connectivity index (χ1v) is 8.70. The number of imidazole rings is 1. The van der Waals surface area contributed by atoms with Crippen molar-refractivity contribution in [1.82, 2.24) is 9.38 Å². The molecule has 4 N–H and O–H groups in total. The standard InChI is InChI=1S/C20H16F4N6O/c1-31-20(18(23)24)29-19(27)14-8-28-15-6-5-10(9-30(14)15)11(7-25)17(26)16-12(21)3-2-4-13(16)22/h2-9,18,26-27H,25H2,1H3/b11-7-,26-17?,27-19?,29-20-. The number of ether oxygens (including phenoxy) is 1.